The fourth-order valence-electron chi connectivity index (χ4n) is 4.69. The molecule has 42 heavy (non-hydrogen) atoms. The molecule has 0 saturated carbocycles. The van der Waals surface area contributed by atoms with Crippen molar-refractivity contribution in [2.24, 2.45) is 0 Å². The summed E-state index contributed by atoms with van der Waals surface area (Å²) < 4.78 is 20.0. The lowest BCUT2D eigenvalue weighted by Gasteiger charge is -2.35. The minimum atomic E-state index is -0.680. The highest BCUT2D eigenvalue weighted by molar-refractivity contribution is 7.13. The van der Waals surface area contributed by atoms with Crippen LogP contribution < -0.4 is 30.5 Å². The Kier molecular flexibility index (Phi) is 9.38. The van der Waals surface area contributed by atoms with Crippen molar-refractivity contribution in [3.8, 4) is 5.75 Å². The summed E-state index contributed by atoms with van der Waals surface area (Å²) >= 11 is 1.51. The topological polar surface area (TPSA) is 145 Å². The van der Waals surface area contributed by atoms with Gasteiger partial charge in [0.1, 0.15) is 23.2 Å². The van der Waals surface area contributed by atoms with Crippen LogP contribution in [0.15, 0.2) is 35.8 Å². The van der Waals surface area contributed by atoms with Gasteiger partial charge in [-0.25, -0.2) is 24.1 Å². The normalized spacial score (nSPS) is 15.9. The maximum atomic E-state index is 14.6. The molecule has 3 N–H and O–H groups in total. The van der Waals surface area contributed by atoms with Crippen molar-refractivity contribution in [1.82, 2.24) is 30.5 Å². The first kappa shape index (κ1) is 29.1. The molecule has 1 aromatic carbocycles. The molecule has 3 aromatic rings. The third-order valence-corrected chi connectivity index (χ3v) is 7.48. The number of aromatic nitrogens is 3. The van der Waals surface area contributed by atoms with Gasteiger partial charge < -0.3 is 20.3 Å². The summed E-state index contributed by atoms with van der Waals surface area (Å²) in [6, 6.07) is 5.27. The predicted molar refractivity (Wildman–Crippen MR) is 156 cm³/mol. The summed E-state index contributed by atoms with van der Waals surface area (Å²) in [6.45, 7) is 6.49. The van der Waals surface area contributed by atoms with Crippen LogP contribution >= 0.6 is 11.3 Å². The van der Waals surface area contributed by atoms with E-state index >= 15 is 0 Å². The highest BCUT2D eigenvalue weighted by atomic mass is 32.1. The van der Waals surface area contributed by atoms with Gasteiger partial charge in [0, 0.05) is 69.4 Å². The number of hydrogen-bond acceptors (Lipinski definition) is 11. The Morgan fingerprint density at radius 1 is 1.14 bits per heavy atom. The minimum absolute atomic E-state index is 0.0400. The number of ether oxygens (including phenoxy) is 1. The minimum Gasteiger partial charge on any atom is -0.484 e. The molecule has 0 bridgehead atoms. The average Bonchev–Trinajstić information content (AvgIpc) is 3.48. The van der Waals surface area contributed by atoms with E-state index in [1.54, 1.807) is 6.20 Å². The summed E-state index contributed by atoms with van der Waals surface area (Å²) in [5.74, 6) is 1.09. The Labute approximate surface area is 246 Å². The van der Waals surface area contributed by atoms with Crippen molar-refractivity contribution in [1.29, 1.82) is 0 Å². The van der Waals surface area contributed by atoms with Gasteiger partial charge in [-0.3, -0.25) is 24.7 Å². The molecule has 2 saturated heterocycles. The predicted octanol–water partition coefficient (Wildman–Crippen LogP) is 2.28. The molecule has 0 spiro atoms. The molecule has 2 aromatic heterocycles. The number of carbonyl (C=O) groups is 3. The van der Waals surface area contributed by atoms with Crippen molar-refractivity contribution in [3.05, 3.63) is 47.5 Å². The number of nitrogens with one attached hydrogen (secondary N) is 3. The lowest BCUT2D eigenvalue weighted by atomic mass is 10.2. The van der Waals surface area contributed by atoms with E-state index in [-0.39, 0.29) is 36.9 Å². The number of imide groups is 1. The number of thiazole rings is 1. The summed E-state index contributed by atoms with van der Waals surface area (Å²) in [4.78, 5) is 54.6. The van der Waals surface area contributed by atoms with Gasteiger partial charge in [-0.2, -0.15) is 0 Å². The van der Waals surface area contributed by atoms with Gasteiger partial charge in [0.05, 0.1) is 5.69 Å². The maximum absolute atomic E-state index is 14.6. The van der Waals surface area contributed by atoms with Gasteiger partial charge in [0.25, 0.3) is 5.91 Å². The van der Waals surface area contributed by atoms with Crippen LogP contribution in [0.4, 0.5) is 31.6 Å². The third kappa shape index (κ3) is 7.67. The largest absolute Gasteiger partial charge is 0.484 e. The first-order valence-corrected chi connectivity index (χ1v) is 14.5. The van der Waals surface area contributed by atoms with E-state index in [0.29, 0.717) is 12.4 Å². The molecular formula is C27H32FN9O4S. The molecular weight excluding hydrogens is 565 g/mol. The zero-order valence-corrected chi connectivity index (χ0v) is 24.0. The molecule has 0 radical (unpaired) electrons. The number of hydrogen-bond donors (Lipinski definition) is 3. The van der Waals surface area contributed by atoms with Crippen LogP contribution in [0.2, 0.25) is 0 Å². The zero-order valence-electron chi connectivity index (χ0n) is 23.1. The Morgan fingerprint density at radius 3 is 2.71 bits per heavy atom. The molecule has 222 valence electrons. The second-order valence-electron chi connectivity index (χ2n) is 9.81. The van der Waals surface area contributed by atoms with E-state index in [1.165, 1.54) is 23.5 Å². The highest BCUT2D eigenvalue weighted by Crippen LogP contribution is 2.26. The molecule has 4 heterocycles. The number of amides is 4. The van der Waals surface area contributed by atoms with E-state index in [1.807, 2.05) is 18.4 Å². The van der Waals surface area contributed by atoms with Gasteiger partial charge in [-0.15, -0.1) is 11.3 Å². The monoisotopic (exact) mass is 597 g/mol. The van der Waals surface area contributed by atoms with Crippen LogP contribution in [0.1, 0.15) is 18.7 Å². The SMILES string of the molecule is Cc1nc(Nc2nccs2)cc(N2CCN(CCCNC(=O)COc3ccc(N4CCC(=O)NC4=O)c(F)c3)CC2)n1. The molecule has 4 amide bonds. The first-order chi connectivity index (χ1) is 20.3. The molecule has 5 rings (SSSR count). The highest BCUT2D eigenvalue weighted by Gasteiger charge is 2.26. The van der Waals surface area contributed by atoms with Crippen molar-refractivity contribution in [2.45, 2.75) is 19.8 Å². The molecule has 15 heteroatoms. The Morgan fingerprint density at radius 2 is 1.98 bits per heavy atom. The number of benzene rings is 1. The molecule has 0 unspecified atom stereocenters. The van der Waals surface area contributed by atoms with Crippen LogP contribution in [0.5, 0.6) is 5.75 Å². The standard InChI is InChI=1S/C27H32FN9O4S/c1-18-31-22(33-26-30-7-14-42-26)16-23(32-18)36-12-10-35(11-13-36)8-2-6-29-25(39)17-41-19-3-4-21(20(28)15-19)37-9-5-24(38)34-27(37)40/h3-4,7,14-16H,2,5-6,8-13,17H2,1H3,(H,29,39)(H,34,38,40)(H,30,31,32,33). The quantitative estimate of drug-likeness (QED) is 0.282. The summed E-state index contributed by atoms with van der Waals surface area (Å²) in [6.07, 6.45) is 2.62. The molecule has 0 aliphatic carbocycles. The third-order valence-electron chi connectivity index (χ3n) is 6.80. The number of halogens is 1. The summed E-state index contributed by atoms with van der Waals surface area (Å²) in [7, 11) is 0. The fraction of sp³-hybridized carbons (Fsp3) is 0.407. The summed E-state index contributed by atoms with van der Waals surface area (Å²) in [5.41, 5.74) is 0.0400. The van der Waals surface area contributed by atoms with E-state index in [9.17, 15) is 18.8 Å². The Hall–Kier alpha value is -4.37. The number of anilines is 4. The number of rotatable bonds is 11. The fourth-order valence-corrected chi connectivity index (χ4v) is 5.23. The lowest BCUT2D eigenvalue weighted by molar-refractivity contribution is -0.123. The second-order valence-corrected chi connectivity index (χ2v) is 10.7. The van der Waals surface area contributed by atoms with E-state index in [2.05, 4.69) is 40.7 Å². The van der Waals surface area contributed by atoms with Gasteiger partial charge in [-0.05, 0) is 32.0 Å². The van der Waals surface area contributed by atoms with Gasteiger partial charge >= 0.3 is 6.03 Å². The van der Waals surface area contributed by atoms with E-state index in [4.69, 9.17) is 4.74 Å². The smallest absolute Gasteiger partial charge is 0.328 e. The molecule has 2 aliphatic heterocycles. The van der Waals surface area contributed by atoms with Crippen LogP contribution in [-0.4, -0.2) is 90.1 Å². The molecule has 2 fully saturated rings. The Bertz CT molecular complexity index is 1420. The van der Waals surface area contributed by atoms with Gasteiger partial charge in [0.2, 0.25) is 5.91 Å². The Balaban J connectivity index is 0.991. The van der Waals surface area contributed by atoms with Crippen molar-refractivity contribution >= 4 is 51.6 Å². The van der Waals surface area contributed by atoms with Crippen molar-refractivity contribution in [2.75, 3.05) is 67.5 Å². The lowest BCUT2D eigenvalue weighted by Crippen LogP contribution is -2.49. The van der Waals surface area contributed by atoms with E-state index < -0.39 is 17.8 Å². The summed E-state index contributed by atoms with van der Waals surface area (Å²) in [5, 5.41) is 10.9. The van der Waals surface area contributed by atoms with E-state index in [0.717, 1.165) is 66.9 Å². The zero-order chi connectivity index (χ0) is 29.5. The number of aryl methyl sites for hydroxylation is 1. The van der Waals surface area contributed by atoms with Crippen LogP contribution in [0.3, 0.4) is 0 Å². The van der Waals surface area contributed by atoms with Gasteiger partial charge in [-0.1, -0.05) is 0 Å². The van der Waals surface area contributed by atoms with Crippen LogP contribution in [0, 0.1) is 12.7 Å². The first-order valence-electron chi connectivity index (χ1n) is 13.6. The molecule has 13 nitrogen and oxygen atoms in total. The molecule has 2 aliphatic rings. The van der Waals surface area contributed by atoms with Gasteiger partial charge in [0.15, 0.2) is 17.6 Å². The number of piperazine rings is 1. The number of urea groups is 1. The average molecular weight is 598 g/mol. The number of carbonyl (C=O) groups excluding carboxylic acids is 3. The number of nitrogens with zero attached hydrogens (tertiary/aromatic N) is 6. The molecule has 0 atom stereocenters. The van der Waals surface area contributed by atoms with Crippen molar-refractivity contribution < 1.29 is 23.5 Å². The van der Waals surface area contributed by atoms with Crippen LogP contribution in [-0.2, 0) is 9.59 Å². The van der Waals surface area contributed by atoms with Crippen molar-refractivity contribution in [3.63, 3.8) is 0 Å². The second kappa shape index (κ2) is 13.5. The van der Waals surface area contributed by atoms with Crippen LogP contribution in [0.25, 0.3) is 0 Å². The maximum Gasteiger partial charge on any atom is 0.328 e.